The third-order valence-electron chi connectivity index (χ3n) is 29.7. The molecule has 3 unspecified atom stereocenters. The molecule has 0 spiro atoms. The molecule has 754 valence electrons. The van der Waals surface area contributed by atoms with Gasteiger partial charge in [0, 0.05) is 60.4 Å². The number of benzene rings is 1. The number of hydrogen-bond acceptors (Lipinski definition) is 18. The summed E-state index contributed by atoms with van der Waals surface area (Å²) in [5, 5.41) is 25.2. The highest BCUT2D eigenvalue weighted by Gasteiger charge is 2.73. The molecule has 3 heterocycles. The summed E-state index contributed by atoms with van der Waals surface area (Å²) in [5.74, 6) is -8.86. The number of likely N-dealkylation sites (N-methyl/N-ethyl adjacent to an activating group) is 3. The molecule has 9 aliphatic rings. The zero-order chi connectivity index (χ0) is 102. The molecule has 18 amide bonds. The second-order valence-electron chi connectivity index (χ2n) is 48.0. The number of ketones is 3. The SMILES string of the molecule is CCN(CC)C(=O)[C@@H](NC(=O)N[C@H](C(=O)N1C[C@H]2[C@@H]([C@H]1C(=O)NC(CC1CC1)C(=O)C(N)=O)C2(C)C)C(C)(C)C)C(C)(C)C.CN(C)C(=O)[C@@H](NC(=O)N[C@H](C(=O)N1C[C@H]2[C@@H]([C@H]1C(=O)NC(CC1CCC1)C(=O)C(N)=O)C2(C)C)C(C)(C)C)C(C)(C)C.CN(Cc1ccccc1)C(=O)[C@@H](NC(=O)N[C@H](C(=O)N1C[C@H]2[C@@H]([C@H]1C(=O)NC(CC1CC1)C(=O)C(N)=O)C2(C)C)C(C)(C)C)C(C)(C)C. The van der Waals surface area contributed by atoms with Gasteiger partial charge in [0.15, 0.2) is 0 Å². The molecule has 0 radical (unpaired) electrons. The first-order valence-corrected chi connectivity index (χ1v) is 48.2. The van der Waals surface area contributed by atoms with E-state index >= 15 is 0 Å². The first-order chi connectivity index (χ1) is 61.9. The van der Waals surface area contributed by atoms with Crippen LogP contribution in [0.3, 0.4) is 0 Å². The Balaban J connectivity index is 0.000000249. The fraction of sp³-hybridized carbons (Fsp3) is 0.758. The highest BCUT2D eigenvalue weighted by molar-refractivity contribution is 6.39. The van der Waals surface area contributed by atoms with Gasteiger partial charge in [-0.1, -0.05) is 241 Å². The fourth-order valence-electron chi connectivity index (χ4n) is 20.3. The van der Waals surface area contributed by atoms with E-state index in [9.17, 15) is 86.3 Å². The number of piperidine rings is 3. The second-order valence-corrected chi connectivity index (χ2v) is 48.0. The summed E-state index contributed by atoms with van der Waals surface area (Å²) in [6, 6.07) is -3.83. The van der Waals surface area contributed by atoms with Gasteiger partial charge in [0.25, 0.3) is 17.7 Å². The number of hydrogen-bond donors (Lipinski definition) is 12. The molecule has 9 fully saturated rings. The molecule has 3 saturated heterocycles. The molecule has 36 heteroatoms. The molecule has 18 atom stereocenters. The Morgan fingerprint density at radius 3 is 0.844 bits per heavy atom. The van der Waals surface area contributed by atoms with Crippen LogP contribution in [-0.2, 0) is 78.5 Å². The largest absolute Gasteiger partial charge is 0.363 e. The van der Waals surface area contributed by atoms with E-state index in [1.54, 1.807) is 30.9 Å². The summed E-state index contributed by atoms with van der Waals surface area (Å²) < 4.78 is 0. The minimum Gasteiger partial charge on any atom is -0.363 e. The summed E-state index contributed by atoms with van der Waals surface area (Å²) in [5.41, 5.74) is 12.2. The lowest BCUT2D eigenvalue weighted by Gasteiger charge is -2.39. The van der Waals surface area contributed by atoms with Crippen LogP contribution in [0.1, 0.15) is 250 Å². The van der Waals surface area contributed by atoms with Crippen LogP contribution < -0.4 is 65.1 Å². The van der Waals surface area contributed by atoms with Gasteiger partial charge in [0.05, 0.1) is 18.1 Å². The summed E-state index contributed by atoms with van der Waals surface area (Å²) in [6.45, 7) is 51.5. The summed E-state index contributed by atoms with van der Waals surface area (Å²) in [6.07, 6.45) is 7.52. The van der Waals surface area contributed by atoms with Crippen molar-refractivity contribution in [3.8, 4) is 0 Å². The highest BCUT2D eigenvalue weighted by atomic mass is 16.2. The number of primary amides is 3. The van der Waals surface area contributed by atoms with E-state index in [1.165, 1.54) is 19.6 Å². The molecule has 6 aliphatic carbocycles. The summed E-state index contributed by atoms with van der Waals surface area (Å²) in [7, 11) is 4.91. The number of urea groups is 3. The standard InChI is InChI=1S/C36H54N6O6.C32H54N6O6.C31H52N6O6/c1-34(2,3)27(31(46)41(9)18-21-13-11-10-12-14-21)39-33(48)40-28(35(4,5)6)32(47)42-19-22-24(36(22,7)8)25(42)30(45)38-23(17-20-15-16-20)26(43)29(37)44;1-11-37(12-2)27(42)23(30(3,4)5)35-29(44)36-24(31(6,7)8)28(43)38-16-18-20(32(18,9)10)21(38)26(41)34-19(15-17-13-14-17)22(39)25(33)40;1-29(2,3)22(26(41)36(9)10)34-28(43)35-23(30(4,5)6)27(42)37-15-17-19(31(17,7)8)20(37)25(40)33-18(21(38)24(32)39)14-16-12-11-13-16/h10-14,20,22-25,27-28H,15-19H2,1-9H3,(H2,37,44)(H,38,45)(H2,39,40,48);17-21,23-24H,11-16H2,1-10H3,(H2,33,40)(H,34,41)(H2,35,36,44);16-20,22-23H,11-15H2,1-10H3,(H2,32,39)(H,33,40)(H2,34,35,43)/t22-,23?,24-,25-,27+,28+;18-,19?,20-,21-,23+,24+;17-,18?,19-,20-,22+,23+/m000/s1. The Kier molecular flexibility index (Phi) is 33.8. The molecule has 3 aliphatic heterocycles. The van der Waals surface area contributed by atoms with Crippen LogP contribution in [0.15, 0.2) is 30.3 Å². The Hall–Kier alpha value is -10.3. The van der Waals surface area contributed by atoms with E-state index in [0.717, 1.165) is 50.5 Å². The summed E-state index contributed by atoms with van der Waals surface area (Å²) >= 11 is 0. The minimum atomic E-state index is -1.11. The number of fused-ring (bicyclic) bond motifs is 3. The molecule has 0 bridgehead atoms. The van der Waals surface area contributed by atoms with Gasteiger partial charge < -0.3 is 94.5 Å². The third kappa shape index (κ3) is 26.3. The molecule has 1 aromatic rings. The van der Waals surface area contributed by atoms with E-state index < -0.39 is 194 Å². The average Bonchev–Trinajstić information content (AvgIpc) is 1.53. The van der Waals surface area contributed by atoms with Crippen LogP contribution in [0.25, 0.3) is 0 Å². The number of nitrogens with two attached hydrogens (primary N) is 3. The van der Waals surface area contributed by atoms with E-state index in [4.69, 9.17) is 17.2 Å². The normalized spacial score (nSPS) is 24.1. The van der Waals surface area contributed by atoms with Crippen LogP contribution in [0, 0.1) is 102 Å². The van der Waals surface area contributed by atoms with Crippen molar-refractivity contribution in [3.05, 3.63) is 35.9 Å². The van der Waals surface area contributed by atoms with Crippen molar-refractivity contribution in [2.45, 2.75) is 323 Å². The van der Waals surface area contributed by atoms with Crippen molar-refractivity contribution >= 4 is 106 Å². The van der Waals surface area contributed by atoms with Crippen LogP contribution in [0.5, 0.6) is 0 Å². The zero-order valence-electron chi connectivity index (χ0n) is 85.6. The Labute approximate surface area is 798 Å². The number of nitrogens with zero attached hydrogens (tertiary/aromatic N) is 6. The second kappa shape index (κ2) is 41.5. The zero-order valence-corrected chi connectivity index (χ0v) is 85.6. The van der Waals surface area contributed by atoms with Crippen LogP contribution in [-0.4, -0.2) is 262 Å². The average molecular weight is 1890 g/mol. The third-order valence-corrected chi connectivity index (χ3v) is 29.7. The first-order valence-electron chi connectivity index (χ1n) is 48.2. The number of amides is 18. The van der Waals surface area contributed by atoms with E-state index in [1.807, 2.05) is 210 Å². The van der Waals surface area contributed by atoms with Crippen molar-refractivity contribution in [3.63, 3.8) is 0 Å². The quantitative estimate of drug-likeness (QED) is 0.0362. The maximum atomic E-state index is 14.4. The van der Waals surface area contributed by atoms with Gasteiger partial charge in [-0.2, -0.15) is 0 Å². The molecule has 1 aromatic carbocycles. The predicted molar refractivity (Wildman–Crippen MR) is 508 cm³/mol. The Morgan fingerprint density at radius 2 is 0.615 bits per heavy atom. The van der Waals surface area contributed by atoms with Crippen LogP contribution >= 0.6 is 0 Å². The molecular formula is C99H160N18O18. The van der Waals surface area contributed by atoms with Crippen molar-refractivity contribution < 1.29 is 86.3 Å². The van der Waals surface area contributed by atoms with Crippen molar-refractivity contribution in [1.29, 1.82) is 0 Å². The van der Waals surface area contributed by atoms with Gasteiger partial charge in [-0.25, -0.2) is 14.4 Å². The van der Waals surface area contributed by atoms with Crippen LogP contribution in [0.2, 0.25) is 0 Å². The lowest BCUT2D eigenvalue weighted by molar-refractivity contribution is -0.145. The predicted octanol–water partition coefficient (Wildman–Crippen LogP) is 5.82. The van der Waals surface area contributed by atoms with E-state index in [-0.39, 0.29) is 87.2 Å². The lowest BCUT2D eigenvalue weighted by atomic mass is 9.80. The lowest BCUT2D eigenvalue weighted by Crippen LogP contribution is -2.63. The smallest absolute Gasteiger partial charge is 0.316 e. The Bertz CT molecular complexity index is 4640. The number of carbonyl (C=O) groups is 18. The van der Waals surface area contributed by atoms with Crippen molar-refractivity contribution in [2.75, 3.05) is 53.9 Å². The van der Waals surface area contributed by atoms with E-state index in [0.29, 0.717) is 58.5 Å². The van der Waals surface area contributed by atoms with Gasteiger partial charge in [-0.3, -0.25) is 71.9 Å². The summed E-state index contributed by atoms with van der Waals surface area (Å²) in [4.78, 5) is 247. The Morgan fingerprint density at radius 1 is 0.363 bits per heavy atom. The van der Waals surface area contributed by atoms with Gasteiger partial charge in [0.1, 0.15) is 54.4 Å². The first kappa shape index (κ1) is 110. The number of rotatable bonds is 34. The van der Waals surface area contributed by atoms with Gasteiger partial charge in [-0.15, -0.1) is 0 Å². The number of Topliss-reactive ketones (excluding diaryl/α,β-unsaturated/α-hetero) is 3. The van der Waals surface area contributed by atoms with Crippen molar-refractivity contribution in [2.24, 2.45) is 119 Å². The minimum absolute atomic E-state index is 0.0587. The molecule has 36 nitrogen and oxygen atoms in total. The number of nitrogens with one attached hydrogen (secondary N) is 9. The van der Waals surface area contributed by atoms with Gasteiger partial charge >= 0.3 is 18.1 Å². The molecular weight excluding hydrogens is 1730 g/mol. The fourth-order valence-corrected chi connectivity index (χ4v) is 20.3. The maximum absolute atomic E-state index is 14.4. The molecule has 0 aromatic heterocycles. The van der Waals surface area contributed by atoms with Gasteiger partial charge in [-0.05, 0) is 141 Å². The molecule has 10 rings (SSSR count). The van der Waals surface area contributed by atoms with Crippen molar-refractivity contribution in [1.82, 2.24) is 77.3 Å². The topological polar surface area (TPSA) is 513 Å². The number of likely N-dealkylation sites (tertiary alicyclic amines) is 3. The molecule has 15 N–H and O–H groups in total. The van der Waals surface area contributed by atoms with Crippen LogP contribution in [0.4, 0.5) is 14.4 Å². The highest BCUT2D eigenvalue weighted by Crippen LogP contribution is 2.67. The van der Waals surface area contributed by atoms with Gasteiger partial charge in [0.2, 0.25) is 70.5 Å². The molecule has 6 saturated carbocycles. The van der Waals surface area contributed by atoms with E-state index in [2.05, 4.69) is 47.9 Å². The molecule has 135 heavy (non-hydrogen) atoms. The maximum Gasteiger partial charge on any atom is 0.316 e. The monoisotopic (exact) mass is 1890 g/mol. The number of carbonyl (C=O) groups excluding carboxylic acids is 18.